The van der Waals surface area contributed by atoms with Crippen molar-refractivity contribution < 1.29 is 9.59 Å². The zero-order valence-electron chi connectivity index (χ0n) is 17.7. The van der Waals surface area contributed by atoms with Crippen molar-refractivity contribution in [2.24, 2.45) is 0 Å². The molecule has 34 heavy (non-hydrogen) atoms. The molecule has 2 aliphatic heterocycles. The van der Waals surface area contributed by atoms with E-state index >= 15 is 0 Å². The average molecular weight is 521 g/mol. The lowest BCUT2D eigenvalue weighted by molar-refractivity contribution is -0.127. The summed E-state index contributed by atoms with van der Waals surface area (Å²) >= 11 is 14.5. The van der Waals surface area contributed by atoms with Gasteiger partial charge in [0, 0.05) is 14.8 Å². The third-order valence-electron chi connectivity index (χ3n) is 5.24. The van der Waals surface area contributed by atoms with Crippen molar-refractivity contribution in [2.75, 3.05) is 11.4 Å². The molecule has 2 aliphatic rings. The van der Waals surface area contributed by atoms with Gasteiger partial charge < -0.3 is 0 Å². The number of carbonyl (C=O) groups is 2. The molecule has 4 nitrogen and oxygen atoms in total. The van der Waals surface area contributed by atoms with Gasteiger partial charge in [0.2, 0.25) is 0 Å². The number of amides is 2. The van der Waals surface area contributed by atoms with Crippen LogP contribution in [-0.2, 0) is 9.59 Å². The summed E-state index contributed by atoms with van der Waals surface area (Å²) in [7, 11) is 0. The number of anilines is 2. The fraction of sp³-hybridized carbons (Fsp3) is 0.0385. The standard InChI is InChI=1S/C26H17ClN2O2S3/c27-18-13-14-22-20(15-18)29(19-10-4-5-11-21(19)33-22)24(30)16-28-25(31)23(34-26(28)32)12-6-9-17-7-2-1-3-8-17/h1-15H,16H2. The number of hydrogen-bond donors (Lipinski definition) is 0. The van der Waals surface area contributed by atoms with Crippen LogP contribution >= 0.6 is 47.3 Å². The number of halogens is 1. The lowest BCUT2D eigenvalue weighted by atomic mass is 10.2. The van der Waals surface area contributed by atoms with Gasteiger partial charge in [-0.05, 0) is 42.0 Å². The minimum Gasteiger partial charge on any atom is -0.283 e. The molecule has 5 rings (SSSR count). The van der Waals surface area contributed by atoms with Gasteiger partial charge in [-0.25, -0.2) is 0 Å². The van der Waals surface area contributed by atoms with Gasteiger partial charge in [-0.3, -0.25) is 19.4 Å². The average Bonchev–Trinajstić information content (AvgIpc) is 3.10. The molecule has 0 saturated carbocycles. The first-order valence-corrected chi connectivity index (χ1v) is 12.8. The number of thioether (sulfide) groups is 1. The molecule has 0 atom stereocenters. The van der Waals surface area contributed by atoms with E-state index in [1.165, 1.54) is 16.7 Å². The first-order chi connectivity index (χ1) is 16.5. The van der Waals surface area contributed by atoms with Crippen LogP contribution in [0.3, 0.4) is 0 Å². The second kappa shape index (κ2) is 9.80. The van der Waals surface area contributed by atoms with Gasteiger partial charge in [0.05, 0.1) is 16.3 Å². The first-order valence-electron chi connectivity index (χ1n) is 10.4. The predicted molar refractivity (Wildman–Crippen MR) is 145 cm³/mol. The number of fused-ring (bicyclic) bond motifs is 2. The molecule has 2 heterocycles. The molecule has 0 bridgehead atoms. The Bertz CT molecular complexity index is 1370. The van der Waals surface area contributed by atoms with Gasteiger partial charge in [0.15, 0.2) is 0 Å². The Hall–Kier alpha value is -2.84. The van der Waals surface area contributed by atoms with Gasteiger partial charge in [-0.1, -0.05) is 102 Å². The summed E-state index contributed by atoms with van der Waals surface area (Å²) in [6, 6.07) is 23.0. The van der Waals surface area contributed by atoms with Crippen LogP contribution < -0.4 is 4.90 Å². The minimum absolute atomic E-state index is 0.157. The van der Waals surface area contributed by atoms with Gasteiger partial charge >= 0.3 is 0 Å². The van der Waals surface area contributed by atoms with E-state index in [2.05, 4.69) is 0 Å². The van der Waals surface area contributed by atoms with Crippen molar-refractivity contribution in [2.45, 2.75) is 9.79 Å². The van der Waals surface area contributed by atoms with Crippen molar-refractivity contribution >= 4 is 80.9 Å². The lowest BCUT2D eigenvalue weighted by Crippen LogP contribution is -2.41. The van der Waals surface area contributed by atoms with E-state index in [9.17, 15) is 9.59 Å². The van der Waals surface area contributed by atoms with E-state index in [1.54, 1.807) is 34.9 Å². The van der Waals surface area contributed by atoms with Crippen LogP contribution in [0, 0.1) is 0 Å². The van der Waals surface area contributed by atoms with Gasteiger partial charge in [-0.15, -0.1) is 0 Å². The number of carbonyl (C=O) groups excluding carboxylic acids is 2. The second-order valence-electron chi connectivity index (χ2n) is 7.47. The van der Waals surface area contributed by atoms with Gasteiger partial charge in [0.1, 0.15) is 10.9 Å². The van der Waals surface area contributed by atoms with Crippen LogP contribution in [0.25, 0.3) is 6.08 Å². The molecule has 0 spiro atoms. The van der Waals surface area contributed by atoms with Crippen molar-refractivity contribution in [1.82, 2.24) is 4.90 Å². The molecule has 168 valence electrons. The third kappa shape index (κ3) is 4.57. The van der Waals surface area contributed by atoms with Gasteiger partial charge in [0.25, 0.3) is 11.8 Å². The smallest absolute Gasteiger partial charge is 0.266 e. The molecule has 2 amide bonds. The number of rotatable bonds is 4. The summed E-state index contributed by atoms with van der Waals surface area (Å²) in [4.78, 5) is 32.0. The van der Waals surface area contributed by atoms with Crippen LogP contribution in [0.1, 0.15) is 5.56 Å². The van der Waals surface area contributed by atoms with Crippen LogP contribution in [0.5, 0.6) is 0 Å². The van der Waals surface area contributed by atoms with Gasteiger partial charge in [-0.2, -0.15) is 0 Å². The molecule has 1 saturated heterocycles. The highest BCUT2D eigenvalue weighted by molar-refractivity contribution is 8.26. The number of allylic oxidation sites excluding steroid dienone is 2. The molecule has 0 aromatic heterocycles. The zero-order chi connectivity index (χ0) is 23.7. The van der Waals surface area contributed by atoms with Crippen molar-refractivity contribution in [1.29, 1.82) is 0 Å². The third-order valence-corrected chi connectivity index (χ3v) is 8.00. The maximum atomic E-state index is 13.6. The monoisotopic (exact) mass is 520 g/mol. The number of nitrogens with zero attached hydrogens (tertiary/aromatic N) is 2. The molecule has 0 unspecified atom stereocenters. The Balaban J connectivity index is 1.39. The topological polar surface area (TPSA) is 40.6 Å². The number of hydrogen-bond acceptors (Lipinski definition) is 5. The summed E-state index contributed by atoms with van der Waals surface area (Å²) in [5.41, 5.74) is 2.50. The maximum absolute atomic E-state index is 13.6. The highest BCUT2D eigenvalue weighted by Crippen LogP contribution is 2.49. The summed E-state index contributed by atoms with van der Waals surface area (Å²) in [5.74, 6) is -0.527. The quantitative estimate of drug-likeness (QED) is 0.275. The Morgan fingerprint density at radius 1 is 0.941 bits per heavy atom. The Morgan fingerprint density at radius 2 is 1.68 bits per heavy atom. The molecule has 3 aromatic rings. The second-order valence-corrected chi connectivity index (χ2v) is 10.7. The molecule has 1 fully saturated rings. The van der Waals surface area contributed by atoms with Crippen molar-refractivity contribution in [3.63, 3.8) is 0 Å². The Morgan fingerprint density at radius 3 is 2.50 bits per heavy atom. The van der Waals surface area contributed by atoms with Crippen LogP contribution in [0.15, 0.2) is 99.6 Å². The maximum Gasteiger partial charge on any atom is 0.266 e. The molecule has 0 aliphatic carbocycles. The van der Waals surface area contributed by atoms with Crippen molar-refractivity contribution in [3.05, 3.63) is 100 Å². The molecular weight excluding hydrogens is 504 g/mol. The summed E-state index contributed by atoms with van der Waals surface area (Å²) in [6.45, 7) is -0.157. The molecule has 0 radical (unpaired) electrons. The molecule has 8 heteroatoms. The Kier molecular flexibility index (Phi) is 6.61. The predicted octanol–water partition coefficient (Wildman–Crippen LogP) is 6.93. The molecule has 0 N–H and O–H groups in total. The van der Waals surface area contributed by atoms with E-state index in [0.29, 0.717) is 19.9 Å². The number of thiocarbonyl (C=S) groups is 1. The largest absolute Gasteiger partial charge is 0.283 e. The number of benzene rings is 3. The van der Waals surface area contributed by atoms with E-state index in [1.807, 2.05) is 72.8 Å². The van der Waals surface area contributed by atoms with Crippen LogP contribution in [0.4, 0.5) is 11.4 Å². The van der Waals surface area contributed by atoms with E-state index < -0.39 is 0 Å². The van der Waals surface area contributed by atoms with E-state index in [-0.39, 0.29) is 18.4 Å². The molecule has 3 aromatic carbocycles. The zero-order valence-corrected chi connectivity index (χ0v) is 20.9. The minimum atomic E-state index is -0.271. The van der Waals surface area contributed by atoms with E-state index in [4.69, 9.17) is 23.8 Å². The van der Waals surface area contributed by atoms with Crippen LogP contribution in [0.2, 0.25) is 5.02 Å². The summed E-state index contributed by atoms with van der Waals surface area (Å²) in [5, 5.41) is 0.537. The highest BCUT2D eigenvalue weighted by atomic mass is 35.5. The normalized spacial score (nSPS) is 16.3. The fourth-order valence-corrected chi connectivity index (χ4v) is 6.08. The summed E-state index contributed by atoms with van der Waals surface area (Å²) < 4.78 is 0.365. The SMILES string of the molecule is O=C1C(=CC=Cc2ccccc2)SC(=S)N1CC(=O)N1c2ccccc2Sc2ccc(Cl)cc21. The Labute approximate surface area is 216 Å². The molecular formula is C26H17ClN2O2S3. The number of para-hydroxylation sites is 1. The van der Waals surface area contributed by atoms with Crippen LogP contribution in [-0.4, -0.2) is 27.6 Å². The fourth-order valence-electron chi connectivity index (χ4n) is 3.66. The summed E-state index contributed by atoms with van der Waals surface area (Å²) in [6.07, 6.45) is 5.47. The highest BCUT2D eigenvalue weighted by Gasteiger charge is 2.36. The van der Waals surface area contributed by atoms with E-state index in [0.717, 1.165) is 21.0 Å². The first kappa shape index (κ1) is 22.9. The van der Waals surface area contributed by atoms with Crippen molar-refractivity contribution in [3.8, 4) is 0 Å². The lowest BCUT2D eigenvalue weighted by Gasteiger charge is -2.32.